The number of benzene rings is 1. The van der Waals surface area contributed by atoms with Gasteiger partial charge in [-0.05, 0) is 43.0 Å². The van der Waals surface area contributed by atoms with Crippen LogP contribution in [-0.4, -0.2) is 47.1 Å². The number of nitrogens with zero attached hydrogens (tertiary/aromatic N) is 2. The minimum absolute atomic E-state index is 0.0323. The standard InChI is InChI=1S/C14H18N2O4/c1-20-13-6-5-10(8-12(13)17)9-15-16-7-3-2-4-11(16)14(18)19/h5-6,8-9,11,17H,2-4,7H2,1H3,(H,18,19)/b15-9+. The highest BCUT2D eigenvalue weighted by Crippen LogP contribution is 2.25. The maximum atomic E-state index is 11.1. The van der Waals surface area contributed by atoms with E-state index in [4.69, 9.17) is 9.84 Å². The van der Waals surface area contributed by atoms with Gasteiger partial charge in [0.1, 0.15) is 6.04 Å². The molecule has 0 aromatic heterocycles. The van der Waals surface area contributed by atoms with Crippen LogP contribution in [0.2, 0.25) is 0 Å². The number of carbonyl (C=O) groups is 1. The van der Waals surface area contributed by atoms with Crippen LogP contribution >= 0.6 is 0 Å². The van der Waals surface area contributed by atoms with Gasteiger partial charge in [0.25, 0.3) is 0 Å². The van der Waals surface area contributed by atoms with Gasteiger partial charge in [0, 0.05) is 6.54 Å². The number of carboxylic acid groups (broad SMARTS) is 1. The smallest absolute Gasteiger partial charge is 0.328 e. The van der Waals surface area contributed by atoms with Gasteiger partial charge in [-0.25, -0.2) is 4.79 Å². The summed E-state index contributed by atoms with van der Waals surface area (Å²) in [5.74, 6) is -0.423. The first kappa shape index (κ1) is 14.2. The predicted molar refractivity (Wildman–Crippen MR) is 74.2 cm³/mol. The summed E-state index contributed by atoms with van der Waals surface area (Å²) in [6.07, 6.45) is 4.02. The van der Waals surface area contributed by atoms with Gasteiger partial charge in [0.15, 0.2) is 11.5 Å². The van der Waals surface area contributed by atoms with Crippen molar-refractivity contribution < 1.29 is 19.7 Å². The summed E-state index contributed by atoms with van der Waals surface area (Å²) in [6.45, 7) is 0.635. The summed E-state index contributed by atoms with van der Waals surface area (Å²) in [5, 5.41) is 24.6. The highest BCUT2D eigenvalue weighted by molar-refractivity contribution is 5.81. The summed E-state index contributed by atoms with van der Waals surface area (Å²) in [4.78, 5) is 11.1. The fourth-order valence-electron chi connectivity index (χ4n) is 2.23. The minimum atomic E-state index is -0.848. The number of hydrogen-bond acceptors (Lipinski definition) is 5. The molecule has 1 aliphatic rings. The van der Waals surface area contributed by atoms with Crippen molar-refractivity contribution in [2.75, 3.05) is 13.7 Å². The fraction of sp³-hybridized carbons (Fsp3) is 0.429. The molecule has 1 saturated heterocycles. The molecule has 6 nitrogen and oxygen atoms in total. The second-order valence-corrected chi connectivity index (χ2v) is 4.69. The fourth-order valence-corrected chi connectivity index (χ4v) is 2.23. The number of piperidine rings is 1. The topological polar surface area (TPSA) is 82.4 Å². The Balaban J connectivity index is 2.11. The van der Waals surface area contributed by atoms with E-state index in [-0.39, 0.29) is 5.75 Å². The molecule has 0 bridgehead atoms. The Kier molecular flexibility index (Phi) is 4.45. The lowest BCUT2D eigenvalue weighted by molar-refractivity contribution is -0.144. The first-order valence-electron chi connectivity index (χ1n) is 6.52. The zero-order chi connectivity index (χ0) is 14.5. The van der Waals surface area contributed by atoms with Gasteiger partial charge in [-0.2, -0.15) is 5.10 Å². The molecule has 1 atom stereocenters. The van der Waals surface area contributed by atoms with Gasteiger partial charge in [-0.1, -0.05) is 0 Å². The monoisotopic (exact) mass is 278 g/mol. The average molecular weight is 278 g/mol. The highest BCUT2D eigenvalue weighted by atomic mass is 16.5. The summed E-state index contributed by atoms with van der Waals surface area (Å²) < 4.78 is 4.96. The SMILES string of the molecule is COc1ccc(/C=N/N2CCCCC2C(=O)O)cc1O. The maximum absolute atomic E-state index is 11.1. The molecule has 2 N–H and O–H groups in total. The van der Waals surface area contributed by atoms with E-state index in [1.807, 2.05) is 0 Å². The van der Waals surface area contributed by atoms with E-state index < -0.39 is 12.0 Å². The Hall–Kier alpha value is -2.24. The third kappa shape index (κ3) is 3.20. The molecular formula is C14H18N2O4. The van der Waals surface area contributed by atoms with Crippen molar-refractivity contribution in [3.05, 3.63) is 23.8 Å². The minimum Gasteiger partial charge on any atom is -0.504 e. The number of phenols is 1. The Morgan fingerprint density at radius 3 is 2.95 bits per heavy atom. The van der Waals surface area contributed by atoms with Crippen LogP contribution < -0.4 is 4.74 Å². The largest absolute Gasteiger partial charge is 0.504 e. The number of aliphatic carboxylic acids is 1. The number of carboxylic acids is 1. The third-order valence-corrected chi connectivity index (χ3v) is 3.32. The molecule has 0 amide bonds. The average Bonchev–Trinajstić information content (AvgIpc) is 2.45. The second-order valence-electron chi connectivity index (χ2n) is 4.69. The summed E-state index contributed by atoms with van der Waals surface area (Å²) >= 11 is 0. The normalized spacial score (nSPS) is 19.2. The van der Waals surface area contributed by atoms with Crippen LogP contribution in [0.5, 0.6) is 11.5 Å². The van der Waals surface area contributed by atoms with Crippen LogP contribution in [-0.2, 0) is 4.79 Å². The van der Waals surface area contributed by atoms with Gasteiger partial charge in [-0.15, -0.1) is 0 Å². The molecule has 0 aliphatic carbocycles. The van der Waals surface area contributed by atoms with E-state index in [0.717, 1.165) is 12.8 Å². The Labute approximate surface area is 117 Å². The van der Waals surface area contributed by atoms with Crippen molar-refractivity contribution in [3.8, 4) is 11.5 Å². The Bertz CT molecular complexity index is 516. The summed E-state index contributed by atoms with van der Waals surface area (Å²) in [7, 11) is 1.48. The number of phenolic OH excluding ortho intramolecular Hbond substituents is 1. The Morgan fingerprint density at radius 1 is 1.50 bits per heavy atom. The molecule has 0 radical (unpaired) electrons. The number of aromatic hydroxyl groups is 1. The van der Waals surface area contributed by atoms with Gasteiger partial charge in [0.2, 0.25) is 0 Å². The lowest BCUT2D eigenvalue weighted by Gasteiger charge is -2.30. The maximum Gasteiger partial charge on any atom is 0.328 e. The van der Waals surface area contributed by atoms with Crippen molar-refractivity contribution in [1.82, 2.24) is 5.01 Å². The van der Waals surface area contributed by atoms with E-state index in [0.29, 0.717) is 24.3 Å². The van der Waals surface area contributed by atoms with Crippen molar-refractivity contribution in [3.63, 3.8) is 0 Å². The number of hydrogen-bond donors (Lipinski definition) is 2. The molecule has 2 rings (SSSR count). The third-order valence-electron chi connectivity index (χ3n) is 3.32. The number of ether oxygens (including phenoxy) is 1. The van der Waals surface area contributed by atoms with Gasteiger partial charge in [-0.3, -0.25) is 5.01 Å². The molecule has 20 heavy (non-hydrogen) atoms. The molecule has 1 unspecified atom stereocenters. The molecule has 1 aromatic carbocycles. The van der Waals surface area contributed by atoms with E-state index in [9.17, 15) is 9.90 Å². The Morgan fingerprint density at radius 2 is 2.30 bits per heavy atom. The first-order valence-corrected chi connectivity index (χ1v) is 6.52. The van der Waals surface area contributed by atoms with Crippen LogP contribution in [0.3, 0.4) is 0 Å². The zero-order valence-corrected chi connectivity index (χ0v) is 11.3. The number of rotatable bonds is 4. The zero-order valence-electron chi connectivity index (χ0n) is 11.3. The number of methoxy groups -OCH3 is 1. The van der Waals surface area contributed by atoms with Crippen molar-refractivity contribution in [2.24, 2.45) is 5.10 Å². The van der Waals surface area contributed by atoms with Gasteiger partial charge < -0.3 is 14.9 Å². The van der Waals surface area contributed by atoms with Gasteiger partial charge in [0.05, 0.1) is 13.3 Å². The van der Waals surface area contributed by atoms with Crippen molar-refractivity contribution in [1.29, 1.82) is 0 Å². The van der Waals surface area contributed by atoms with Crippen LogP contribution in [0.4, 0.5) is 0 Å². The quantitative estimate of drug-likeness (QED) is 0.819. The molecule has 0 saturated carbocycles. The predicted octanol–water partition coefficient (Wildman–Crippen LogP) is 1.67. The molecule has 6 heteroatoms. The van der Waals surface area contributed by atoms with Crippen LogP contribution in [0.15, 0.2) is 23.3 Å². The van der Waals surface area contributed by atoms with Crippen LogP contribution in [0.1, 0.15) is 24.8 Å². The molecule has 1 aliphatic heterocycles. The summed E-state index contributed by atoms with van der Waals surface area (Å²) in [5.41, 5.74) is 0.693. The van der Waals surface area contributed by atoms with Gasteiger partial charge >= 0.3 is 5.97 Å². The lowest BCUT2D eigenvalue weighted by Crippen LogP contribution is -2.41. The second kappa shape index (κ2) is 6.27. The highest BCUT2D eigenvalue weighted by Gasteiger charge is 2.27. The van der Waals surface area contributed by atoms with E-state index in [1.54, 1.807) is 23.4 Å². The van der Waals surface area contributed by atoms with Crippen LogP contribution in [0.25, 0.3) is 0 Å². The van der Waals surface area contributed by atoms with Crippen molar-refractivity contribution >= 4 is 12.2 Å². The van der Waals surface area contributed by atoms with Crippen molar-refractivity contribution in [2.45, 2.75) is 25.3 Å². The number of hydrazone groups is 1. The first-order chi connectivity index (χ1) is 9.61. The van der Waals surface area contributed by atoms with E-state index >= 15 is 0 Å². The molecule has 1 aromatic rings. The van der Waals surface area contributed by atoms with E-state index in [1.165, 1.54) is 13.2 Å². The molecule has 108 valence electrons. The summed E-state index contributed by atoms with van der Waals surface area (Å²) in [6, 6.07) is 4.36. The van der Waals surface area contributed by atoms with E-state index in [2.05, 4.69) is 5.10 Å². The lowest BCUT2D eigenvalue weighted by atomic mass is 10.0. The van der Waals surface area contributed by atoms with Crippen LogP contribution in [0, 0.1) is 0 Å². The molecule has 1 heterocycles. The molecular weight excluding hydrogens is 260 g/mol. The molecule has 0 spiro atoms. The molecule has 1 fully saturated rings.